The molecule has 2 aliphatic rings. The Hall–Kier alpha value is -3.50. The van der Waals surface area contributed by atoms with Crippen LogP contribution < -0.4 is 29.6 Å². The number of hydrogen-bond donors (Lipinski definition) is 2. The summed E-state index contributed by atoms with van der Waals surface area (Å²) in [7, 11) is 3.96. The Morgan fingerprint density at radius 2 is 1.97 bits per heavy atom. The average Bonchev–Trinajstić information content (AvgIpc) is 3.64. The van der Waals surface area contributed by atoms with Gasteiger partial charge in [-0.3, -0.25) is 0 Å². The van der Waals surface area contributed by atoms with Gasteiger partial charge in [-0.2, -0.15) is 0 Å². The Bertz CT molecular complexity index is 1250. The van der Waals surface area contributed by atoms with E-state index < -0.39 is 0 Å². The first-order valence-corrected chi connectivity index (χ1v) is 11.8. The monoisotopic (exact) mass is 499 g/mol. The highest BCUT2D eigenvalue weighted by Gasteiger charge is 2.26. The number of amides is 2. The summed E-state index contributed by atoms with van der Waals surface area (Å²) in [6.07, 6.45) is 3.42. The highest BCUT2D eigenvalue weighted by Crippen LogP contribution is 2.48. The molecule has 0 bridgehead atoms. The lowest BCUT2D eigenvalue weighted by Crippen LogP contribution is -2.30. The number of nitrogens with zero attached hydrogens (tertiary/aromatic N) is 3. The predicted octanol–water partition coefficient (Wildman–Crippen LogP) is 4.07. The van der Waals surface area contributed by atoms with Crippen LogP contribution in [0.4, 0.5) is 10.5 Å². The third-order valence-corrected chi connectivity index (χ3v) is 5.77. The van der Waals surface area contributed by atoms with Gasteiger partial charge in [-0.15, -0.1) is 0 Å². The molecule has 35 heavy (non-hydrogen) atoms. The summed E-state index contributed by atoms with van der Waals surface area (Å²) in [5.74, 6) is 2.27. The minimum atomic E-state index is -0.280. The summed E-state index contributed by atoms with van der Waals surface area (Å²) < 4.78 is 23.9. The molecule has 1 aliphatic carbocycles. The molecule has 5 rings (SSSR count). The fourth-order valence-corrected chi connectivity index (χ4v) is 3.77. The lowest BCUT2D eigenvalue weighted by Gasteiger charge is -2.23. The number of anilines is 1. The zero-order chi connectivity index (χ0) is 24.4. The van der Waals surface area contributed by atoms with E-state index in [9.17, 15) is 4.79 Å². The van der Waals surface area contributed by atoms with Crippen LogP contribution in [0.1, 0.15) is 12.8 Å². The molecule has 0 saturated heterocycles. The fourth-order valence-electron chi connectivity index (χ4n) is 3.55. The van der Waals surface area contributed by atoms with Crippen LogP contribution >= 0.6 is 11.6 Å². The molecule has 0 spiro atoms. The van der Waals surface area contributed by atoms with E-state index in [-0.39, 0.29) is 12.1 Å². The van der Waals surface area contributed by atoms with Crippen LogP contribution in [0.5, 0.6) is 28.9 Å². The number of carbonyl (C=O) groups excluding carboxylic acids is 1. The van der Waals surface area contributed by atoms with Crippen LogP contribution in [-0.2, 0) is 0 Å². The first-order valence-electron chi connectivity index (χ1n) is 11.4. The summed E-state index contributed by atoms with van der Waals surface area (Å²) in [4.78, 5) is 22.8. The van der Waals surface area contributed by atoms with Gasteiger partial charge in [0.25, 0.3) is 0 Å². The van der Waals surface area contributed by atoms with Crippen molar-refractivity contribution in [1.29, 1.82) is 0 Å². The molecule has 11 heteroatoms. The molecule has 0 atom stereocenters. The van der Waals surface area contributed by atoms with Crippen LogP contribution in [-0.4, -0.2) is 67.4 Å². The molecule has 2 amide bonds. The van der Waals surface area contributed by atoms with Gasteiger partial charge in [-0.1, -0.05) is 11.6 Å². The van der Waals surface area contributed by atoms with E-state index in [0.717, 1.165) is 19.4 Å². The zero-order valence-electron chi connectivity index (χ0n) is 19.5. The molecule has 3 aromatic rings. The van der Waals surface area contributed by atoms with Crippen molar-refractivity contribution in [3.8, 4) is 28.9 Å². The second-order valence-corrected chi connectivity index (χ2v) is 8.98. The third-order valence-electron chi connectivity index (χ3n) is 5.45. The van der Waals surface area contributed by atoms with Crippen molar-refractivity contribution in [2.75, 3.05) is 45.8 Å². The zero-order valence-corrected chi connectivity index (χ0v) is 20.2. The fraction of sp³-hybridized carbons (Fsp3) is 0.375. The van der Waals surface area contributed by atoms with Crippen molar-refractivity contribution < 1.29 is 23.7 Å². The molecule has 0 radical (unpaired) electrons. The van der Waals surface area contributed by atoms with Gasteiger partial charge >= 0.3 is 6.03 Å². The van der Waals surface area contributed by atoms with E-state index in [4.69, 9.17) is 30.5 Å². The topological polar surface area (TPSA) is 107 Å². The van der Waals surface area contributed by atoms with Crippen molar-refractivity contribution in [1.82, 2.24) is 20.2 Å². The molecular weight excluding hydrogens is 474 g/mol. The lowest BCUT2D eigenvalue weighted by atomic mass is 10.1. The highest BCUT2D eigenvalue weighted by atomic mass is 35.5. The number of hydrogen-bond acceptors (Lipinski definition) is 8. The molecule has 1 aliphatic heterocycles. The summed E-state index contributed by atoms with van der Waals surface area (Å²) in [5.41, 5.74) is 1.08. The van der Waals surface area contributed by atoms with E-state index >= 15 is 0 Å². The molecule has 10 nitrogen and oxygen atoms in total. The number of halogens is 1. The summed E-state index contributed by atoms with van der Waals surface area (Å²) in [6.45, 7) is 2.03. The van der Waals surface area contributed by atoms with Crippen LogP contribution in [0.2, 0.25) is 5.02 Å². The Morgan fingerprint density at radius 1 is 1.17 bits per heavy atom. The molecule has 1 saturated carbocycles. The van der Waals surface area contributed by atoms with Crippen LogP contribution in [0.25, 0.3) is 10.9 Å². The number of urea groups is 1. The lowest BCUT2D eigenvalue weighted by molar-refractivity contribution is 0.162. The molecular formula is C24H26ClN5O5. The van der Waals surface area contributed by atoms with Gasteiger partial charge in [0.05, 0.1) is 16.2 Å². The van der Waals surface area contributed by atoms with Crippen molar-refractivity contribution in [3.05, 3.63) is 35.6 Å². The number of benzene rings is 2. The second kappa shape index (κ2) is 10.0. The van der Waals surface area contributed by atoms with Gasteiger partial charge < -0.3 is 34.5 Å². The number of nitrogens with one attached hydrogen (secondary N) is 2. The van der Waals surface area contributed by atoms with Crippen LogP contribution in [0, 0.1) is 0 Å². The van der Waals surface area contributed by atoms with Crippen LogP contribution in [0.15, 0.2) is 30.6 Å². The van der Waals surface area contributed by atoms with Crippen LogP contribution in [0.3, 0.4) is 0 Å². The number of rotatable bonds is 8. The Morgan fingerprint density at radius 3 is 2.71 bits per heavy atom. The van der Waals surface area contributed by atoms with Crippen molar-refractivity contribution in [2.24, 2.45) is 0 Å². The Kier molecular flexibility index (Phi) is 6.65. The maximum Gasteiger partial charge on any atom is 0.319 e. The maximum absolute atomic E-state index is 12.0. The largest absolute Gasteiger partial charge is 0.488 e. The van der Waals surface area contributed by atoms with Gasteiger partial charge in [0.1, 0.15) is 37.3 Å². The highest BCUT2D eigenvalue weighted by molar-refractivity contribution is 6.33. The minimum Gasteiger partial charge on any atom is -0.488 e. The van der Waals surface area contributed by atoms with Gasteiger partial charge in [-0.25, -0.2) is 14.8 Å². The molecule has 2 aromatic carbocycles. The number of likely N-dealkylation sites (N-methyl/N-ethyl adjacent to an activating group) is 1. The molecule has 2 N–H and O–H groups in total. The summed E-state index contributed by atoms with van der Waals surface area (Å²) in [5, 5.41) is 6.53. The smallest absolute Gasteiger partial charge is 0.319 e. The molecule has 0 unspecified atom stereocenters. The minimum absolute atomic E-state index is 0.249. The Labute approximate surface area is 207 Å². The number of fused-ring (bicyclic) bond motifs is 3. The molecule has 1 fully saturated rings. The van der Waals surface area contributed by atoms with Crippen molar-refractivity contribution in [2.45, 2.75) is 18.9 Å². The van der Waals surface area contributed by atoms with Gasteiger partial charge in [0.15, 0.2) is 11.5 Å². The first-order chi connectivity index (χ1) is 17.0. The Balaban J connectivity index is 1.41. The quantitative estimate of drug-likeness (QED) is 0.477. The van der Waals surface area contributed by atoms with Gasteiger partial charge in [-0.05, 0) is 39.1 Å². The molecule has 1 aromatic heterocycles. The van der Waals surface area contributed by atoms with Gasteiger partial charge in [0.2, 0.25) is 11.6 Å². The molecule has 2 heterocycles. The normalized spacial score (nSPS) is 14.6. The summed E-state index contributed by atoms with van der Waals surface area (Å²) in [6, 6.07) is 6.76. The summed E-state index contributed by atoms with van der Waals surface area (Å²) >= 11 is 6.40. The standard InChI is InChI=1S/C24H26ClN5O5/c1-30(2)7-8-32-19-12-18-20(22-21(19)33-9-10-34-22)23(27-13-26-18)35-15-5-6-17(16(25)11-15)29-24(31)28-14-3-4-14/h5-6,11-14H,3-4,7-10H2,1-2H3,(H2,28,29,31). The SMILES string of the molecule is CN(C)CCOc1cc2ncnc(Oc3ccc(NC(=O)NC4CC4)c(Cl)c3)c2c2c1OCCO2. The van der Waals surface area contributed by atoms with E-state index in [1.54, 1.807) is 24.3 Å². The van der Waals surface area contributed by atoms with E-state index in [1.807, 2.05) is 19.0 Å². The van der Waals surface area contributed by atoms with E-state index in [0.29, 0.717) is 70.3 Å². The first kappa shape index (κ1) is 23.3. The van der Waals surface area contributed by atoms with Crippen molar-refractivity contribution >= 4 is 34.2 Å². The molecule has 184 valence electrons. The third kappa shape index (κ3) is 5.44. The number of ether oxygens (including phenoxy) is 4. The van der Waals surface area contributed by atoms with Gasteiger partial charge in [0, 0.05) is 24.7 Å². The second-order valence-electron chi connectivity index (χ2n) is 8.57. The number of carbonyl (C=O) groups is 1. The maximum atomic E-state index is 12.0. The predicted molar refractivity (Wildman–Crippen MR) is 131 cm³/mol. The van der Waals surface area contributed by atoms with E-state index in [1.165, 1.54) is 6.33 Å². The van der Waals surface area contributed by atoms with Crippen molar-refractivity contribution in [3.63, 3.8) is 0 Å². The van der Waals surface area contributed by atoms with E-state index in [2.05, 4.69) is 20.6 Å². The average molecular weight is 500 g/mol. The number of aromatic nitrogens is 2.